The topological polar surface area (TPSA) is 80.9 Å². The van der Waals surface area contributed by atoms with Crippen molar-refractivity contribution in [3.05, 3.63) is 41.1 Å². The molecular formula is C13H14N4O. The normalized spacial score (nSPS) is 10.1. The van der Waals surface area contributed by atoms with E-state index in [2.05, 4.69) is 15.3 Å². The lowest BCUT2D eigenvalue weighted by atomic mass is 10.0. The second kappa shape index (κ2) is 4.83. The van der Waals surface area contributed by atoms with Crippen molar-refractivity contribution >= 4 is 23.7 Å². The average molecular weight is 242 g/mol. The van der Waals surface area contributed by atoms with Crippen LogP contribution in [0.25, 0.3) is 0 Å². The minimum atomic E-state index is 0.222. The molecule has 5 nitrogen and oxygen atoms in total. The van der Waals surface area contributed by atoms with Crippen molar-refractivity contribution in [2.45, 2.75) is 13.8 Å². The molecule has 1 aromatic heterocycles. The number of nitrogens with two attached hydrogens (primary N) is 1. The van der Waals surface area contributed by atoms with Crippen molar-refractivity contribution in [3.8, 4) is 0 Å². The van der Waals surface area contributed by atoms with Crippen LogP contribution in [-0.2, 0) is 0 Å². The van der Waals surface area contributed by atoms with Gasteiger partial charge in [0, 0.05) is 17.4 Å². The van der Waals surface area contributed by atoms with E-state index in [1.165, 1.54) is 0 Å². The molecule has 0 saturated carbocycles. The summed E-state index contributed by atoms with van der Waals surface area (Å²) in [7, 11) is 0. The highest BCUT2D eigenvalue weighted by Crippen LogP contribution is 2.24. The van der Waals surface area contributed by atoms with Gasteiger partial charge in [-0.25, -0.2) is 4.98 Å². The van der Waals surface area contributed by atoms with Crippen LogP contribution in [0.3, 0.4) is 0 Å². The van der Waals surface area contributed by atoms with E-state index in [1.807, 2.05) is 26.0 Å². The van der Waals surface area contributed by atoms with Crippen LogP contribution in [0.15, 0.2) is 24.4 Å². The van der Waals surface area contributed by atoms with Crippen molar-refractivity contribution in [2.75, 3.05) is 11.1 Å². The van der Waals surface area contributed by atoms with E-state index in [9.17, 15) is 4.79 Å². The fourth-order valence-electron chi connectivity index (χ4n) is 1.83. The SMILES string of the molecule is Cc1cc(C=O)cc(C)c1Nc1ccnc(N)n1. The molecule has 0 amide bonds. The molecule has 0 aliphatic heterocycles. The van der Waals surface area contributed by atoms with Crippen LogP contribution in [0.2, 0.25) is 0 Å². The Hall–Kier alpha value is -2.43. The van der Waals surface area contributed by atoms with Gasteiger partial charge in [0.15, 0.2) is 0 Å². The van der Waals surface area contributed by atoms with E-state index in [0.717, 1.165) is 23.1 Å². The molecule has 1 heterocycles. The van der Waals surface area contributed by atoms with Crippen molar-refractivity contribution in [1.29, 1.82) is 0 Å². The average Bonchev–Trinajstić information content (AvgIpc) is 2.33. The molecule has 2 rings (SSSR count). The van der Waals surface area contributed by atoms with E-state index in [4.69, 9.17) is 5.73 Å². The molecule has 0 radical (unpaired) electrons. The zero-order chi connectivity index (χ0) is 13.1. The minimum Gasteiger partial charge on any atom is -0.368 e. The number of aryl methyl sites for hydroxylation is 2. The summed E-state index contributed by atoms with van der Waals surface area (Å²) in [5, 5.41) is 3.19. The maximum Gasteiger partial charge on any atom is 0.221 e. The lowest BCUT2D eigenvalue weighted by Gasteiger charge is -2.12. The Kier molecular flexibility index (Phi) is 3.23. The number of aldehydes is 1. The molecule has 0 aliphatic rings. The van der Waals surface area contributed by atoms with Gasteiger partial charge in [-0.3, -0.25) is 4.79 Å². The molecule has 3 N–H and O–H groups in total. The molecule has 0 fully saturated rings. The number of nitrogens with one attached hydrogen (secondary N) is 1. The first-order valence-electron chi connectivity index (χ1n) is 5.52. The van der Waals surface area contributed by atoms with Crippen LogP contribution in [0.5, 0.6) is 0 Å². The van der Waals surface area contributed by atoms with E-state index < -0.39 is 0 Å². The van der Waals surface area contributed by atoms with Gasteiger partial charge in [0.2, 0.25) is 5.95 Å². The largest absolute Gasteiger partial charge is 0.368 e. The van der Waals surface area contributed by atoms with Crippen molar-refractivity contribution < 1.29 is 4.79 Å². The molecule has 2 aromatic rings. The van der Waals surface area contributed by atoms with Gasteiger partial charge in [0.05, 0.1) is 0 Å². The molecular weight excluding hydrogens is 228 g/mol. The lowest BCUT2D eigenvalue weighted by molar-refractivity contribution is 0.112. The molecule has 1 aromatic carbocycles. The van der Waals surface area contributed by atoms with E-state index in [0.29, 0.717) is 11.4 Å². The van der Waals surface area contributed by atoms with Crippen LogP contribution in [0.4, 0.5) is 17.5 Å². The zero-order valence-electron chi connectivity index (χ0n) is 10.3. The summed E-state index contributed by atoms with van der Waals surface area (Å²) in [5.41, 5.74) is 9.08. The summed E-state index contributed by atoms with van der Waals surface area (Å²) in [6.45, 7) is 3.87. The molecule has 0 spiro atoms. The summed E-state index contributed by atoms with van der Waals surface area (Å²) >= 11 is 0. The van der Waals surface area contributed by atoms with Gasteiger partial charge in [-0.15, -0.1) is 0 Å². The Morgan fingerprint density at radius 2 is 1.94 bits per heavy atom. The number of rotatable bonds is 3. The van der Waals surface area contributed by atoms with Crippen LogP contribution in [-0.4, -0.2) is 16.3 Å². The van der Waals surface area contributed by atoms with E-state index in [1.54, 1.807) is 12.3 Å². The first-order valence-corrected chi connectivity index (χ1v) is 5.52. The Bertz CT molecular complexity index is 572. The number of nitrogen functional groups attached to an aromatic ring is 1. The van der Waals surface area contributed by atoms with Gasteiger partial charge in [-0.05, 0) is 43.2 Å². The van der Waals surface area contributed by atoms with E-state index >= 15 is 0 Å². The molecule has 0 bridgehead atoms. The van der Waals surface area contributed by atoms with Gasteiger partial charge in [0.1, 0.15) is 12.1 Å². The summed E-state index contributed by atoms with van der Waals surface area (Å²) < 4.78 is 0. The highest BCUT2D eigenvalue weighted by molar-refractivity contribution is 5.79. The fraction of sp³-hybridized carbons (Fsp3) is 0.154. The second-order valence-electron chi connectivity index (χ2n) is 4.07. The second-order valence-corrected chi connectivity index (χ2v) is 4.07. The van der Waals surface area contributed by atoms with Gasteiger partial charge in [0.25, 0.3) is 0 Å². The minimum absolute atomic E-state index is 0.222. The highest BCUT2D eigenvalue weighted by Gasteiger charge is 2.06. The first-order chi connectivity index (χ1) is 8.60. The molecule has 92 valence electrons. The number of hydrogen-bond acceptors (Lipinski definition) is 5. The van der Waals surface area contributed by atoms with Crippen molar-refractivity contribution in [3.63, 3.8) is 0 Å². The van der Waals surface area contributed by atoms with E-state index in [-0.39, 0.29) is 5.95 Å². The van der Waals surface area contributed by atoms with Crippen molar-refractivity contribution in [1.82, 2.24) is 9.97 Å². The monoisotopic (exact) mass is 242 g/mol. The molecule has 0 unspecified atom stereocenters. The van der Waals surface area contributed by atoms with Crippen molar-refractivity contribution in [2.24, 2.45) is 0 Å². The molecule has 0 saturated heterocycles. The van der Waals surface area contributed by atoms with Gasteiger partial charge < -0.3 is 11.1 Å². The van der Waals surface area contributed by atoms with Crippen LogP contribution in [0, 0.1) is 13.8 Å². The standard InChI is InChI=1S/C13H14N4O/c1-8-5-10(7-18)6-9(2)12(8)16-11-3-4-15-13(14)17-11/h3-7H,1-2H3,(H3,14,15,16,17). The van der Waals surface area contributed by atoms with Crippen LogP contribution < -0.4 is 11.1 Å². The van der Waals surface area contributed by atoms with Gasteiger partial charge in [-0.1, -0.05) is 0 Å². The molecule has 18 heavy (non-hydrogen) atoms. The quantitative estimate of drug-likeness (QED) is 0.807. The third-order valence-corrected chi connectivity index (χ3v) is 2.62. The Labute approximate surface area is 105 Å². The maximum atomic E-state index is 10.8. The number of hydrogen-bond donors (Lipinski definition) is 2. The number of anilines is 3. The third-order valence-electron chi connectivity index (χ3n) is 2.62. The van der Waals surface area contributed by atoms with Crippen LogP contribution >= 0.6 is 0 Å². The van der Waals surface area contributed by atoms with Crippen LogP contribution in [0.1, 0.15) is 21.5 Å². The predicted molar refractivity (Wildman–Crippen MR) is 71.0 cm³/mol. The lowest BCUT2D eigenvalue weighted by Crippen LogP contribution is -2.02. The number of aromatic nitrogens is 2. The fourth-order valence-corrected chi connectivity index (χ4v) is 1.83. The number of carbonyl (C=O) groups excluding carboxylic acids is 1. The predicted octanol–water partition coefficient (Wildman–Crippen LogP) is 2.23. The Balaban J connectivity index is 2.37. The molecule has 0 aliphatic carbocycles. The molecule has 0 atom stereocenters. The summed E-state index contributed by atoms with van der Waals surface area (Å²) in [6.07, 6.45) is 2.43. The zero-order valence-corrected chi connectivity index (χ0v) is 10.3. The van der Waals surface area contributed by atoms with Gasteiger partial charge in [-0.2, -0.15) is 4.98 Å². The third kappa shape index (κ3) is 2.45. The Morgan fingerprint density at radius 3 is 2.50 bits per heavy atom. The summed E-state index contributed by atoms with van der Waals surface area (Å²) in [6, 6.07) is 5.39. The summed E-state index contributed by atoms with van der Waals surface area (Å²) in [5.74, 6) is 0.854. The Morgan fingerprint density at radius 1 is 1.28 bits per heavy atom. The number of nitrogens with zero attached hydrogens (tertiary/aromatic N) is 2. The van der Waals surface area contributed by atoms with Gasteiger partial charge >= 0.3 is 0 Å². The highest BCUT2D eigenvalue weighted by atomic mass is 16.1. The number of carbonyl (C=O) groups is 1. The first kappa shape index (κ1) is 12.0. The smallest absolute Gasteiger partial charge is 0.221 e. The molecule has 5 heteroatoms. The number of benzene rings is 1. The maximum absolute atomic E-state index is 10.8. The summed E-state index contributed by atoms with van der Waals surface area (Å²) in [4.78, 5) is 18.7.